The quantitative estimate of drug-likeness (QED) is 0.796. The summed E-state index contributed by atoms with van der Waals surface area (Å²) in [7, 11) is 1.31. The summed E-state index contributed by atoms with van der Waals surface area (Å²) >= 11 is 3.00. The summed E-state index contributed by atoms with van der Waals surface area (Å²) in [5.74, 6) is -0.494. The van der Waals surface area contributed by atoms with Crippen LogP contribution in [-0.2, 0) is 4.74 Å². The third-order valence-corrected chi connectivity index (χ3v) is 2.08. The van der Waals surface area contributed by atoms with Crippen molar-refractivity contribution in [2.24, 2.45) is 0 Å². The maximum Gasteiger partial charge on any atom is 0.183 e. The van der Waals surface area contributed by atoms with Gasteiger partial charge >= 0.3 is 0 Å². The minimum atomic E-state index is -1.21. The van der Waals surface area contributed by atoms with E-state index >= 15 is 0 Å². The highest BCUT2D eigenvalue weighted by atomic mass is 79.9. The van der Waals surface area contributed by atoms with Crippen molar-refractivity contribution in [3.8, 4) is 0 Å². The third-order valence-electron chi connectivity index (χ3n) is 1.47. The van der Waals surface area contributed by atoms with Gasteiger partial charge in [0.15, 0.2) is 6.29 Å². The van der Waals surface area contributed by atoms with Crippen molar-refractivity contribution >= 4 is 15.9 Å². The number of aliphatic hydroxyl groups is 1. The molecule has 0 aromatic heterocycles. The zero-order chi connectivity index (χ0) is 9.14. The fourth-order valence-electron chi connectivity index (χ4n) is 0.838. The summed E-state index contributed by atoms with van der Waals surface area (Å²) in [6.07, 6.45) is -1.21. The lowest BCUT2D eigenvalue weighted by atomic mass is 10.2. The molecule has 1 N–H and O–H groups in total. The molecule has 1 aromatic rings. The fourth-order valence-corrected chi connectivity index (χ4v) is 1.22. The molecule has 0 spiro atoms. The van der Waals surface area contributed by atoms with Gasteiger partial charge in [-0.2, -0.15) is 0 Å². The minimum Gasteiger partial charge on any atom is -0.364 e. The zero-order valence-electron chi connectivity index (χ0n) is 6.42. The van der Waals surface area contributed by atoms with E-state index in [1.807, 2.05) is 0 Å². The molecular formula is C8H8BrFO2. The standard InChI is InChI=1S/C8H8BrFO2/c1-12-8(11)5-3-2-4-6(9)7(5)10/h2-4,8,11H,1H3. The van der Waals surface area contributed by atoms with Crippen molar-refractivity contribution in [1.29, 1.82) is 0 Å². The van der Waals surface area contributed by atoms with E-state index in [9.17, 15) is 4.39 Å². The molecule has 0 amide bonds. The van der Waals surface area contributed by atoms with Gasteiger partial charge in [-0.05, 0) is 22.0 Å². The second-order valence-electron chi connectivity index (χ2n) is 2.23. The van der Waals surface area contributed by atoms with Gasteiger partial charge in [-0.25, -0.2) is 4.39 Å². The fraction of sp³-hybridized carbons (Fsp3) is 0.250. The van der Waals surface area contributed by atoms with E-state index in [4.69, 9.17) is 5.11 Å². The lowest BCUT2D eigenvalue weighted by Gasteiger charge is -2.09. The van der Waals surface area contributed by atoms with Crippen LogP contribution in [0.25, 0.3) is 0 Å². The van der Waals surface area contributed by atoms with Crippen molar-refractivity contribution in [2.45, 2.75) is 6.29 Å². The van der Waals surface area contributed by atoms with E-state index in [0.29, 0.717) is 4.47 Å². The van der Waals surface area contributed by atoms with Crippen molar-refractivity contribution in [3.05, 3.63) is 34.1 Å². The van der Waals surface area contributed by atoms with Crippen LogP contribution >= 0.6 is 15.9 Å². The van der Waals surface area contributed by atoms with Gasteiger partial charge in [0.1, 0.15) is 5.82 Å². The topological polar surface area (TPSA) is 29.5 Å². The van der Waals surface area contributed by atoms with Gasteiger partial charge < -0.3 is 9.84 Å². The van der Waals surface area contributed by atoms with E-state index in [-0.39, 0.29) is 5.56 Å². The lowest BCUT2D eigenvalue weighted by molar-refractivity contribution is -0.0791. The van der Waals surface area contributed by atoms with Crippen LogP contribution in [0.3, 0.4) is 0 Å². The number of benzene rings is 1. The Balaban J connectivity index is 3.07. The molecule has 0 fully saturated rings. The van der Waals surface area contributed by atoms with Gasteiger partial charge in [0, 0.05) is 12.7 Å². The minimum absolute atomic E-state index is 0.131. The first kappa shape index (κ1) is 9.64. The highest BCUT2D eigenvalue weighted by Crippen LogP contribution is 2.23. The van der Waals surface area contributed by atoms with E-state index in [2.05, 4.69) is 20.7 Å². The maximum atomic E-state index is 13.2. The van der Waals surface area contributed by atoms with Crippen LogP contribution in [-0.4, -0.2) is 12.2 Å². The molecule has 0 bridgehead atoms. The molecule has 2 nitrogen and oxygen atoms in total. The van der Waals surface area contributed by atoms with Crippen molar-refractivity contribution < 1.29 is 14.2 Å². The molecule has 0 saturated heterocycles. The average Bonchev–Trinajstić information content (AvgIpc) is 2.08. The summed E-state index contributed by atoms with van der Waals surface area (Å²) in [5.41, 5.74) is 0.131. The Morgan fingerprint density at radius 3 is 2.83 bits per heavy atom. The second-order valence-corrected chi connectivity index (χ2v) is 3.09. The SMILES string of the molecule is COC(O)c1cccc(Br)c1F. The number of halogens is 2. The van der Waals surface area contributed by atoms with Gasteiger partial charge in [0.05, 0.1) is 4.47 Å². The largest absolute Gasteiger partial charge is 0.364 e. The number of methoxy groups -OCH3 is 1. The van der Waals surface area contributed by atoms with Crippen molar-refractivity contribution in [2.75, 3.05) is 7.11 Å². The maximum absolute atomic E-state index is 13.2. The number of hydrogen-bond acceptors (Lipinski definition) is 2. The van der Waals surface area contributed by atoms with Crippen LogP contribution in [0.1, 0.15) is 11.9 Å². The highest BCUT2D eigenvalue weighted by molar-refractivity contribution is 9.10. The summed E-state index contributed by atoms with van der Waals surface area (Å²) in [6.45, 7) is 0. The molecule has 4 heteroatoms. The van der Waals surface area contributed by atoms with Crippen LogP contribution < -0.4 is 0 Å². The molecule has 1 atom stereocenters. The molecular weight excluding hydrogens is 227 g/mol. The normalized spacial score (nSPS) is 13.0. The molecule has 12 heavy (non-hydrogen) atoms. The van der Waals surface area contributed by atoms with E-state index < -0.39 is 12.1 Å². The average molecular weight is 235 g/mol. The monoisotopic (exact) mass is 234 g/mol. The molecule has 1 rings (SSSR count). The summed E-state index contributed by atoms with van der Waals surface area (Å²) in [6, 6.07) is 4.65. The number of hydrogen-bond donors (Lipinski definition) is 1. The van der Waals surface area contributed by atoms with E-state index in [1.165, 1.54) is 13.2 Å². The predicted molar refractivity (Wildman–Crippen MR) is 46.1 cm³/mol. The molecule has 0 aliphatic rings. The van der Waals surface area contributed by atoms with Crippen molar-refractivity contribution in [1.82, 2.24) is 0 Å². The van der Waals surface area contributed by atoms with Crippen LogP contribution in [0.15, 0.2) is 22.7 Å². The number of aliphatic hydroxyl groups excluding tert-OH is 1. The predicted octanol–water partition coefficient (Wildman–Crippen LogP) is 2.23. The van der Waals surface area contributed by atoms with Crippen LogP contribution in [0.4, 0.5) is 4.39 Å². The Labute approximate surface area is 78.1 Å². The molecule has 0 aliphatic carbocycles. The zero-order valence-corrected chi connectivity index (χ0v) is 8.01. The van der Waals surface area contributed by atoms with Gasteiger partial charge in [-0.15, -0.1) is 0 Å². The van der Waals surface area contributed by atoms with E-state index in [0.717, 1.165) is 0 Å². The molecule has 1 aromatic carbocycles. The smallest absolute Gasteiger partial charge is 0.183 e. The molecule has 0 radical (unpaired) electrons. The van der Waals surface area contributed by atoms with Crippen molar-refractivity contribution in [3.63, 3.8) is 0 Å². The third kappa shape index (κ3) is 1.83. The molecule has 0 saturated carbocycles. The second kappa shape index (κ2) is 3.98. The van der Waals surface area contributed by atoms with E-state index in [1.54, 1.807) is 12.1 Å². The number of ether oxygens (including phenoxy) is 1. The number of rotatable bonds is 2. The molecule has 66 valence electrons. The van der Waals surface area contributed by atoms with Gasteiger partial charge in [-0.1, -0.05) is 12.1 Å². The van der Waals surface area contributed by atoms with Crippen LogP contribution in [0.2, 0.25) is 0 Å². The molecule has 0 aliphatic heterocycles. The summed E-state index contributed by atoms with van der Waals surface area (Å²) < 4.78 is 18.0. The Morgan fingerprint density at radius 1 is 1.58 bits per heavy atom. The summed E-state index contributed by atoms with van der Waals surface area (Å²) in [5, 5.41) is 9.15. The summed E-state index contributed by atoms with van der Waals surface area (Å²) in [4.78, 5) is 0. The highest BCUT2D eigenvalue weighted by Gasteiger charge is 2.12. The van der Waals surface area contributed by atoms with Gasteiger partial charge in [-0.3, -0.25) is 0 Å². The van der Waals surface area contributed by atoms with Crippen LogP contribution in [0.5, 0.6) is 0 Å². The first-order valence-electron chi connectivity index (χ1n) is 3.31. The first-order chi connectivity index (χ1) is 5.66. The van der Waals surface area contributed by atoms with Crippen LogP contribution in [0, 0.1) is 5.82 Å². The van der Waals surface area contributed by atoms with Gasteiger partial charge in [0.2, 0.25) is 0 Å². The first-order valence-corrected chi connectivity index (χ1v) is 4.11. The Hall–Kier alpha value is -0.450. The Morgan fingerprint density at radius 2 is 2.25 bits per heavy atom. The Kier molecular flexibility index (Phi) is 3.20. The van der Waals surface area contributed by atoms with Gasteiger partial charge in [0.25, 0.3) is 0 Å². The Bertz CT molecular complexity index is 278. The molecule has 0 heterocycles. The lowest BCUT2D eigenvalue weighted by Crippen LogP contribution is -2.02. The molecule has 1 unspecified atom stereocenters.